The molecule has 0 radical (unpaired) electrons. The normalized spacial score (nSPS) is 9.67. The summed E-state index contributed by atoms with van der Waals surface area (Å²) in [5, 5.41) is 0. The molecule has 0 bridgehead atoms. The molecule has 0 unspecified atom stereocenters. The van der Waals surface area contributed by atoms with Crippen LogP contribution in [0.2, 0.25) is 0 Å². The van der Waals surface area contributed by atoms with Crippen molar-refractivity contribution in [3.63, 3.8) is 0 Å². The van der Waals surface area contributed by atoms with Crippen molar-refractivity contribution >= 4 is 5.69 Å². The number of oxazole rings is 1. The van der Waals surface area contributed by atoms with E-state index >= 15 is 0 Å². The fourth-order valence-corrected chi connectivity index (χ4v) is 1.15. The maximum atomic E-state index is 11.5. The van der Waals surface area contributed by atoms with Crippen molar-refractivity contribution in [2.24, 2.45) is 0 Å². The number of nitrogens with two attached hydrogens (primary N) is 1. The molecule has 15 heavy (non-hydrogen) atoms. The van der Waals surface area contributed by atoms with E-state index < -0.39 is 0 Å². The molecule has 0 aliphatic carbocycles. The topological polar surface area (TPSA) is 74.1 Å². The molecular weight excluding hydrogens is 194 g/mol. The van der Waals surface area contributed by atoms with E-state index in [2.05, 4.69) is 4.98 Å². The third-order valence-corrected chi connectivity index (χ3v) is 1.82. The summed E-state index contributed by atoms with van der Waals surface area (Å²) in [5.74, 6) is 0.883. The van der Waals surface area contributed by atoms with Crippen molar-refractivity contribution in [2.75, 3.05) is 5.73 Å². The summed E-state index contributed by atoms with van der Waals surface area (Å²) < 4.78 is 6.52. The van der Waals surface area contributed by atoms with Gasteiger partial charge in [0.1, 0.15) is 0 Å². The minimum Gasteiger partial charge on any atom is -0.425 e. The van der Waals surface area contributed by atoms with Gasteiger partial charge in [-0.15, -0.1) is 0 Å². The van der Waals surface area contributed by atoms with Crippen LogP contribution in [0.4, 0.5) is 5.69 Å². The first kappa shape index (κ1) is 11.0. The molecule has 0 fully saturated rings. The number of nitrogen functional groups attached to an aromatic ring is 1. The molecule has 0 amide bonds. The Morgan fingerprint density at radius 2 is 2.27 bits per heavy atom. The second-order valence-corrected chi connectivity index (χ2v) is 2.86. The lowest BCUT2D eigenvalue weighted by Gasteiger charge is -2.00. The molecule has 0 atom stereocenters. The monoisotopic (exact) mass is 207 g/mol. The molecule has 0 aliphatic heterocycles. The highest BCUT2D eigenvalue weighted by Gasteiger charge is 2.05. The number of aromatic nitrogens is 2. The van der Waals surface area contributed by atoms with Crippen LogP contribution in [0.25, 0.3) is 5.88 Å². The zero-order valence-corrected chi connectivity index (χ0v) is 7.60. The largest absolute Gasteiger partial charge is 0.425 e. The third-order valence-electron chi connectivity index (χ3n) is 1.82. The zero-order valence-electron chi connectivity index (χ0n) is 7.60. The summed E-state index contributed by atoms with van der Waals surface area (Å²) in [4.78, 5) is 15.4. The van der Waals surface area contributed by atoms with Crippen LogP contribution in [0.3, 0.4) is 0 Å². The van der Waals surface area contributed by atoms with E-state index in [4.69, 9.17) is 10.2 Å². The number of pyridine rings is 1. The van der Waals surface area contributed by atoms with Crippen LogP contribution in [-0.2, 0) is 0 Å². The van der Waals surface area contributed by atoms with Crippen LogP contribution in [0.15, 0.2) is 33.7 Å². The van der Waals surface area contributed by atoms with Gasteiger partial charge in [-0.3, -0.25) is 9.36 Å². The Morgan fingerprint density at radius 3 is 2.87 bits per heavy atom. The Bertz CT molecular complexity index is 513. The standard InChI is InChI=1S/C9H9N3O2.CH4/c1-6-11-5-8(14-6)12-4-2-3-7(10)9(12)13;/h2-5H,10H2,1H3;1H4. The van der Waals surface area contributed by atoms with E-state index in [1.165, 1.54) is 10.8 Å². The molecule has 2 aromatic heterocycles. The molecule has 2 aromatic rings. The van der Waals surface area contributed by atoms with E-state index in [0.29, 0.717) is 11.8 Å². The van der Waals surface area contributed by atoms with Crippen LogP contribution < -0.4 is 11.3 Å². The highest BCUT2D eigenvalue weighted by atomic mass is 16.4. The predicted molar refractivity (Wildman–Crippen MR) is 58.0 cm³/mol. The SMILES string of the molecule is C.Cc1ncc(-n2cccc(N)c2=O)o1. The number of nitrogens with zero attached hydrogens (tertiary/aromatic N) is 2. The van der Waals surface area contributed by atoms with Gasteiger partial charge in [-0.05, 0) is 12.1 Å². The minimum atomic E-state index is -0.302. The van der Waals surface area contributed by atoms with Gasteiger partial charge >= 0.3 is 0 Å². The van der Waals surface area contributed by atoms with Crippen molar-refractivity contribution in [1.29, 1.82) is 0 Å². The lowest BCUT2D eigenvalue weighted by atomic mass is 10.4. The molecule has 5 heteroatoms. The molecular formula is C10H13N3O2. The highest BCUT2D eigenvalue weighted by molar-refractivity contribution is 5.36. The molecule has 80 valence electrons. The van der Waals surface area contributed by atoms with Gasteiger partial charge in [0.15, 0.2) is 5.89 Å². The number of anilines is 1. The zero-order chi connectivity index (χ0) is 10.1. The van der Waals surface area contributed by atoms with Gasteiger partial charge in [0.05, 0.1) is 11.9 Å². The van der Waals surface area contributed by atoms with Crippen LogP contribution in [0.1, 0.15) is 13.3 Å². The lowest BCUT2D eigenvalue weighted by Crippen LogP contribution is -2.19. The Morgan fingerprint density at radius 1 is 1.53 bits per heavy atom. The average molecular weight is 207 g/mol. The van der Waals surface area contributed by atoms with Crippen molar-refractivity contribution < 1.29 is 4.42 Å². The molecule has 0 aromatic carbocycles. The van der Waals surface area contributed by atoms with Crippen molar-refractivity contribution in [2.45, 2.75) is 14.4 Å². The quantitative estimate of drug-likeness (QED) is 0.766. The van der Waals surface area contributed by atoms with E-state index in [0.717, 1.165) is 0 Å². The van der Waals surface area contributed by atoms with Gasteiger partial charge in [-0.2, -0.15) is 0 Å². The first-order valence-corrected chi connectivity index (χ1v) is 4.08. The Hall–Kier alpha value is -2.04. The average Bonchev–Trinajstić information content (AvgIpc) is 2.57. The second-order valence-electron chi connectivity index (χ2n) is 2.86. The Balaban J connectivity index is 0.00000112. The summed E-state index contributed by atoms with van der Waals surface area (Å²) in [6.45, 7) is 1.71. The molecule has 5 nitrogen and oxygen atoms in total. The van der Waals surface area contributed by atoms with E-state index in [1.807, 2.05) is 0 Å². The maximum Gasteiger partial charge on any atom is 0.280 e. The molecule has 2 N–H and O–H groups in total. The number of rotatable bonds is 1. The van der Waals surface area contributed by atoms with E-state index in [9.17, 15) is 4.79 Å². The van der Waals surface area contributed by atoms with Gasteiger partial charge in [0, 0.05) is 13.1 Å². The molecule has 0 saturated carbocycles. The summed E-state index contributed by atoms with van der Waals surface area (Å²) in [6.07, 6.45) is 3.06. The highest BCUT2D eigenvalue weighted by Crippen LogP contribution is 2.06. The summed E-state index contributed by atoms with van der Waals surface area (Å²) in [6, 6.07) is 3.22. The lowest BCUT2D eigenvalue weighted by molar-refractivity contribution is 0.497. The van der Waals surface area contributed by atoms with E-state index in [1.54, 1.807) is 25.3 Å². The number of hydrogen-bond acceptors (Lipinski definition) is 4. The Labute approximate surface area is 87.2 Å². The van der Waals surface area contributed by atoms with Crippen molar-refractivity contribution in [3.8, 4) is 5.88 Å². The molecule has 0 aliphatic rings. The summed E-state index contributed by atoms with van der Waals surface area (Å²) in [5.41, 5.74) is 5.35. The first-order valence-electron chi connectivity index (χ1n) is 4.08. The molecule has 2 heterocycles. The molecule has 0 saturated heterocycles. The van der Waals surface area contributed by atoms with Crippen LogP contribution in [0.5, 0.6) is 0 Å². The van der Waals surface area contributed by atoms with Gasteiger partial charge in [0.25, 0.3) is 5.56 Å². The predicted octanol–water partition coefficient (Wildman–Crippen LogP) is 1.35. The number of hydrogen-bond donors (Lipinski definition) is 1. The fraction of sp³-hybridized carbons (Fsp3) is 0.200. The van der Waals surface area contributed by atoms with Crippen LogP contribution in [0, 0.1) is 6.92 Å². The first-order chi connectivity index (χ1) is 6.68. The maximum absolute atomic E-state index is 11.5. The van der Waals surface area contributed by atoms with E-state index in [-0.39, 0.29) is 18.7 Å². The smallest absolute Gasteiger partial charge is 0.280 e. The third kappa shape index (κ3) is 1.90. The van der Waals surface area contributed by atoms with Crippen molar-refractivity contribution in [3.05, 3.63) is 40.8 Å². The minimum absolute atomic E-state index is 0. The van der Waals surface area contributed by atoms with Crippen molar-refractivity contribution in [1.82, 2.24) is 9.55 Å². The van der Waals surface area contributed by atoms with Gasteiger partial charge < -0.3 is 10.2 Å². The van der Waals surface area contributed by atoms with Crippen LogP contribution >= 0.6 is 0 Å². The summed E-state index contributed by atoms with van der Waals surface area (Å²) >= 11 is 0. The van der Waals surface area contributed by atoms with Gasteiger partial charge in [-0.25, -0.2) is 4.98 Å². The molecule has 2 rings (SSSR count). The summed E-state index contributed by atoms with van der Waals surface area (Å²) in [7, 11) is 0. The number of aryl methyl sites for hydroxylation is 1. The van der Waals surface area contributed by atoms with Gasteiger partial charge in [-0.1, -0.05) is 7.43 Å². The van der Waals surface area contributed by atoms with Crippen LogP contribution in [-0.4, -0.2) is 9.55 Å². The Kier molecular flexibility index (Phi) is 2.94. The second kappa shape index (κ2) is 4.00. The van der Waals surface area contributed by atoms with Gasteiger partial charge in [0.2, 0.25) is 5.88 Å². The molecule has 0 spiro atoms. The fourth-order valence-electron chi connectivity index (χ4n) is 1.15.